The summed E-state index contributed by atoms with van der Waals surface area (Å²) < 4.78 is 11.0. The zero-order valence-corrected chi connectivity index (χ0v) is 18.5. The smallest absolute Gasteiger partial charge is 0.333 e. The van der Waals surface area contributed by atoms with E-state index < -0.39 is 12.0 Å². The number of thioether (sulfide) groups is 1. The summed E-state index contributed by atoms with van der Waals surface area (Å²) in [7, 11) is 1.30. The van der Waals surface area contributed by atoms with E-state index in [2.05, 4.69) is 6.92 Å². The Labute approximate surface area is 186 Å². The summed E-state index contributed by atoms with van der Waals surface area (Å²) in [4.78, 5) is 27.4. The van der Waals surface area contributed by atoms with Crippen molar-refractivity contribution in [2.24, 2.45) is 0 Å². The first kappa shape index (κ1) is 22.1. The van der Waals surface area contributed by atoms with E-state index in [1.807, 2.05) is 42.5 Å². The van der Waals surface area contributed by atoms with Gasteiger partial charge in [0.1, 0.15) is 10.1 Å². The number of hydrogen-bond donors (Lipinski definition) is 0. The Morgan fingerprint density at radius 2 is 1.97 bits per heavy atom. The van der Waals surface area contributed by atoms with Crippen molar-refractivity contribution >= 4 is 46.3 Å². The molecule has 3 rings (SSSR count). The topological polar surface area (TPSA) is 55.8 Å². The SMILES string of the molecule is CCCCOc1cccc(/C=C2/SC(=S)N(C(C(=O)OC)c3ccccc3)C2=O)c1. The van der Waals surface area contributed by atoms with Crippen LogP contribution in [0.2, 0.25) is 0 Å². The van der Waals surface area contributed by atoms with Crippen LogP contribution in [-0.4, -0.2) is 34.8 Å². The third kappa shape index (κ3) is 5.09. The lowest BCUT2D eigenvalue weighted by atomic mass is 10.1. The van der Waals surface area contributed by atoms with Gasteiger partial charge in [-0.05, 0) is 35.8 Å². The lowest BCUT2D eigenvalue weighted by Crippen LogP contribution is -2.37. The lowest BCUT2D eigenvalue weighted by Gasteiger charge is -2.24. The van der Waals surface area contributed by atoms with E-state index in [1.165, 1.54) is 23.8 Å². The predicted octanol–water partition coefficient (Wildman–Crippen LogP) is 4.98. The zero-order valence-electron chi connectivity index (χ0n) is 16.9. The Balaban J connectivity index is 1.86. The van der Waals surface area contributed by atoms with Gasteiger partial charge in [0, 0.05) is 0 Å². The number of benzene rings is 2. The monoisotopic (exact) mass is 441 g/mol. The molecule has 0 saturated carbocycles. The minimum Gasteiger partial charge on any atom is -0.494 e. The summed E-state index contributed by atoms with van der Waals surface area (Å²) in [5, 5.41) is 0. The van der Waals surface area contributed by atoms with Crippen molar-refractivity contribution in [2.45, 2.75) is 25.8 Å². The van der Waals surface area contributed by atoms with Gasteiger partial charge >= 0.3 is 5.97 Å². The van der Waals surface area contributed by atoms with Gasteiger partial charge in [-0.1, -0.05) is 79.8 Å². The molecule has 5 nitrogen and oxygen atoms in total. The molecule has 0 bridgehead atoms. The normalized spacial score (nSPS) is 16.1. The van der Waals surface area contributed by atoms with Gasteiger partial charge in [0.05, 0.1) is 18.6 Å². The standard InChI is InChI=1S/C23H23NO4S2/c1-3-4-13-28-18-12-8-9-16(14-18)15-19-21(25)24(23(29)30-19)20(22(26)27-2)17-10-6-5-7-11-17/h5-12,14-15,20H,3-4,13H2,1-2H3/b19-15+. The van der Waals surface area contributed by atoms with Crippen LogP contribution in [0, 0.1) is 0 Å². The zero-order chi connectivity index (χ0) is 21.5. The van der Waals surface area contributed by atoms with E-state index in [-0.39, 0.29) is 5.91 Å². The van der Waals surface area contributed by atoms with Gasteiger partial charge in [0.2, 0.25) is 0 Å². The molecule has 7 heteroatoms. The fraction of sp³-hybridized carbons (Fsp3) is 0.261. The van der Waals surface area contributed by atoms with Crippen LogP contribution in [-0.2, 0) is 14.3 Å². The summed E-state index contributed by atoms with van der Waals surface area (Å²) in [5.74, 6) is -0.101. The number of unbranched alkanes of at least 4 members (excludes halogenated alkanes) is 1. The van der Waals surface area contributed by atoms with Crippen molar-refractivity contribution in [1.82, 2.24) is 4.90 Å². The van der Waals surface area contributed by atoms with Crippen molar-refractivity contribution < 1.29 is 19.1 Å². The molecule has 1 aliphatic rings. The van der Waals surface area contributed by atoms with Crippen LogP contribution >= 0.6 is 24.0 Å². The highest BCUT2D eigenvalue weighted by molar-refractivity contribution is 8.26. The molecular formula is C23H23NO4S2. The molecule has 156 valence electrons. The summed E-state index contributed by atoms with van der Waals surface area (Å²) in [6, 6.07) is 15.7. The quantitative estimate of drug-likeness (QED) is 0.249. The molecule has 0 aromatic heterocycles. The largest absolute Gasteiger partial charge is 0.494 e. The maximum atomic E-state index is 13.2. The Kier molecular flexibility index (Phi) is 7.65. The molecule has 1 atom stereocenters. The molecule has 0 N–H and O–H groups in total. The Bertz CT molecular complexity index is 959. The molecule has 0 aliphatic carbocycles. The van der Waals surface area contributed by atoms with Crippen LogP contribution in [0.1, 0.15) is 36.9 Å². The Hall–Kier alpha value is -2.64. The Morgan fingerprint density at radius 1 is 1.20 bits per heavy atom. The second-order valence-corrected chi connectivity index (χ2v) is 8.34. The van der Waals surface area contributed by atoms with Gasteiger partial charge in [0.25, 0.3) is 5.91 Å². The van der Waals surface area contributed by atoms with E-state index in [0.717, 1.165) is 24.2 Å². The van der Waals surface area contributed by atoms with Crippen molar-refractivity contribution in [3.8, 4) is 5.75 Å². The van der Waals surface area contributed by atoms with Crippen molar-refractivity contribution in [3.05, 3.63) is 70.6 Å². The third-order valence-corrected chi connectivity index (χ3v) is 5.87. The number of carbonyl (C=O) groups is 2. The number of thiocarbonyl (C=S) groups is 1. The van der Waals surface area contributed by atoms with Crippen molar-refractivity contribution in [2.75, 3.05) is 13.7 Å². The van der Waals surface area contributed by atoms with Crippen LogP contribution in [0.5, 0.6) is 5.75 Å². The van der Waals surface area contributed by atoms with Crippen LogP contribution in [0.3, 0.4) is 0 Å². The average Bonchev–Trinajstić information content (AvgIpc) is 3.03. The van der Waals surface area contributed by atoms with E-state index in [1.54, 1.807) is 18.2 Å². The minimum atomic E-state index is -0.918. The van der Waals surface area contributed by atoms with Crippen LogP contribution in [0.15, 0.2) is 59.5 Å². The molecule has 1 fully saturated rings. The molecule has 2 aromatic rings. The summed E-state index contributed by atoms with van der Waals surface area (Å²) in [6.45, 7) is 2.76. The summed E-state index contributed by atoms with van der Waals surface area (Å²) in [5.41, 5.74) is 1.48. The summed E-state index contributed by atoms with van der Waals surface area (Å²) >= 11 is 6.62. The number of ether oxygens (including phenoxy) is 2. The maximum absolute atomic E-state index is 13.2. The van der Waals surface area contributed by atoms with Gasteiger partial charge in [-0.2, -0.15) is 0 Å². The minimum absolute atomic E-state index is 0.318. The first-order valence-corrected chi connectivity index (χ1v) is 10.9. The third-order valence-electron chi connectivity index (χ3n) is 4.54. The van der Waals surface area contributed by atoms with E-state index >= 15 is 0 Å². The fourth-order valence-corrected chi connectivity index (χ4v) is 4.33. The molecular weight excluding hydrogens is 418 g/mol. The molecule has 1 unspecified atom stereocenters. The molecule has 1 heterocycles. The molecule has 1 aliphatic heterocycles. The Morgan fingerprint density at radius 3 is 2.67 bits per heavy atom. The molecule has 30 heavy (non-hydrogen) atoms. The lowest BCUT2D eigenvalue weighted by molar-refractivity contribution is -0.148. The first-order valence-electron chi connectivity index (χ1n) is 9.68. The predicted molar refractivity (Wildman–Crippen MR) is 123 cm³/mol. The number of rotatable bonds is 8. The van der Waals surface area contributed by atoms with Crippen LogP contribution in [0.25, 0.3) is 6.08 Å². The number of nitrogens with zero attached hydrogens (tertiary/aromatic N) is 1. The van der Waals surface area contributed by atoms with Gasteiger partial charge in [-0.3, -0.25) is 9.69 Å². The van der Waals surface area contributed by atoms with E-state index in [0.29, 0.717) is 21.4 Å². The fourth-order valence-electron chi connectivity index (χ4n) is 3.02. The van der Waals surface area contributed by atoms with Crippen LogP contribution in [0.4, 0.5) is 0 Å². The molecule has 2 aromatic carbocycles. The number of hydrogen-bond acceptors (Lipinski definition) is 6. The molecule has 1 amide bonds. The average molecular weight is 442 g/mol. The second-order valence-electron chi connectivity index (χ2n) is 6.66. The summed E-state index contributed by atoms with van der Waals surface area (Å²) in [6.07, 6.45) is 3.81. The highest BCUT2D eigenvalue weighted by Gasteiger charge is 2.41. The molecule has 1 saturated heterocycles. The van der Waals surface area contributed by atoms with Gasteiger partial charge in [-0.25, -0.2) is 4.79 Å². The van der Waals surface area contributed by atoms with E-state index in [9.17, 15) is 9.59 Å². The number of amides is 1. The highest BCUT2D eigenvalue weighted by Crippen LogP contribution is 2.38. The van der Waals surface area contributed by atoms with Gasteiger partial charge in [-0.15, -0.1) is 0 Å². The number of methoxy groups -OCH3 is 1. The van der Waals surface area contributed by atoms with Crippen LogP contribution < -0.4 is 4.74 Å². The highest BCUT2D eigenvalue weighted by atomic mass is 32.2. The first-order chi connectivity index (χ1) is 14.5. The van der Waals surface area contributed by atoms with Gasteiger partial charge in [0.15, 0.2) is 6.04 Å². The molecule has 0 radical (unpaired) electrons. The van der Waals surface area contributed by atoms with E-state index in [4.69, 9.17) is 21.7 Å². The van der Waals surface area contributed by atoms with Crippen molar-refractivity contribution in [3.63, 3.8) is 0 Å². The molecule has 0 spiro atoms. The second kappa shape index (κ2) is 10.4. The van der Waals surface area contributed by atoms with Crippen molar-refractivity contribution in [1.29, 1.82) is 0 Å². The maximum Gasteiger partial charge on any atom is 0.333 e. The number of carbonyl (C=O) groups excluding carboxylic acids is 2. The van der Waals surface area contributed by atoms with Gasteiger partial charge < -0.3 is 9.47 Å². The number of esters is 1.